The quantitative estimate of drug-likeness (QED) is 0.608. The van der Waals surface area contributed by atoms with Gasteiger partial charge in [-0.05, 0) is 31.0 Å². The molecule has 3 aliphatic rings. The Balaban J connectivity index is 1.56. The molecule has 2 aromatic heterocycles. The van der Waals surface area contributed by atoms with Crippen molar-refractivity contribution in [2.75, 3.05) is 28.2 Å². The second-order valence-electron chi connectivity index (χ2n) is 8.26. The number of pyridine rings is 1. The van der Waals surface area contributed by atoms with Gasteiger partial charge in [0.15, 0.2) is 5.82 Å². The zero-order chi connectivity index (χ0) is 22.3. The molecule has 1 saturated heterocycles. The van der Waals surface area contributed by atoms with Crippen LogP contribution in [0.3, 0.4) is 0 Å². The summed E-state index contributed by atoms with van der Waals surface area (Å²) in [5.74, 6) is -0.864. The number of benzene rings is 1. The Morgan fingerprint density at radius 3 is 2.69 bits per heavy atom. The largest absolute Gasteiger partial charge is 0.368 e. The van der Waals surface area contributed by atoms with Gasteiger partial charge < -0.3 is 15.1 Å². The first-order valence-electron chi connectivity index (χ1n) is 10.7. The highest BCUT2D eigenvalue weighted by Crippen LogP contribution is 2.41. The first-order chi connectivity index (χ1) is 15.4. The molecule has 8 heteroatoms. The number of nitrogens with one attached hydrogen (secondary N) is 1. The van der Waals surface area contributed by atoms with Crippen LogP contribution in [0.1, 0.15) is 25.3 Å². The molecule has 6 rings (SSSR count). The number of alkyl halides is 2. The fourth-order valence-electron chi connectivity index (χ4n) is 4.44. The fourth-order valence-corrected chi connectivity index (χ4v) is 4.44. The number of aromatic nitrogens is 3. The smallest absolute Gasteiger partial charge is 0.270 e. The Morgan fingerprint density at radius 2 is 1.97 bits per heavy atom. The third-order valence-corrected chi connectivity index (χ3v) is 6.04. The highest BCUT2D eigenvalue weighted by Gasteiger charge is 2.35. The average Bonchev–Trinajstić information content (AvgIpc) is 3.05. The van der Waals surface area contributed by atoms with Crippen LogP contribution >= 0.6 is 0 Å². The summed E-state index contributed by atoms with van der Waals surface area (Å²) in [4.78, 5) is 17.8. The van der Waals surface area contributed by atoms with E-state index in [9.17, 15) is 8.78 Å². The molecule has 0 radical (unpaired) electrons. The minimum atomic E-state index is -2.91. The van der Waals surface area contributed by atoms with Crippen molar-refractivity contribution in [2.24, 2.45) is 0 Å². The van der Waals surface area contributed by atoms with Crippen molar-refractivity contribution in [2.45, 2.75) is 31.7 Å². The highest BCUT2D eigenvalue weighted by atomic mass is 19.3. The molecule has 3 aliphatic heterocycles. The number of hydrogen-bond acceptors (Lipinski definition) is 6. The molecular formula is C24H24F2N6. The van der Waals surface area contributed by atoms with E-state index in [1.807, 2.05) is 18.2 Å². The van der Waals surface area contributed by atoms with Crippen LogP contribution in [0.5, 0.6) is 0 Å². The van der Waals surface area contributed by atoms with Gasteiger partial charge >= 0.3 is 0 Å². The number of halogens is 2. The van der Waals surface area contributed by atoms with Crippen LogP contribution in [0.25, 0.3) is 11.3 Å². The molecule has 0 atom stereocenters. The molecule has 3 aromatic rings. The van der Waals surface area contributed by atoms with Crippen LogP contribution in [0.2, 0.25) is 0 Å². The molecule has 0 saturated carbocycles. The van der Waals surface area contributed by atoms with Crippen LogP contribution in [-0.4, -0.2) is 34.1 Å². The number of anilines is 3. The summed E-state index contributed by atoms with van der Waals surface area (Å²) in [6.07, 6.45) is 6.84. The first-order valence-corrected chi connectivity index (χ1v) is 10.7. The van der Waals surface area contributed by atoms with Gasteiger partial charge in [0.25, 0.3) is 5.92 Å². The monoisotopic (exact) mass is 434 g/mol. The van der Waals surface area contributed by atoms with Gasteiger partial charge in [0.05, 0.1) is 17.6 Å². The summed E-state index contributed by atoms with van der Waals surface area (Å²) in [7, 11) is 0. The van der Waals surface area contributed by atoms with E-state index in [0.717, 1.165) is 44.4 Å². The van der Waals surface area contributed by atoms with E-state index < -0.39 is 5.92 Å². The molecule has 1 aromatic carbocycles. The number of fused-ring (bicyclic) bond motifs is 2. The van der Waals surface area contributed by atoms with Crippen molar-refractivity contribution >= 4 is 17.3 Å². The van der Waals surface area contributed by atoms with Crippen molar-refractivity contribution in [3.05, 3.63) is 73.0 Å². The van der Waals surface area contributed by atoms with E-state index >= 15 is 0 Å². The summed E-state index contributed by atoms with van der Waals surface area (Å²) < 4.78 is 27.8. The summed E-state index contributed by atoms with van der Waals surface area (Å²) in [5, 5.41) is 3.25. The lowest BCUT2D eigenvalue weighted by atomic mass is 10.0. The predicted molar refractivity (Wildman–Crippen MR) is 122 cm³/mol. The molecule has 164 valence electrons. The Labute approximate surface area is 185 Å². The lowest BCUT2D eigenvalue weighted by molar-refractivity contribution is 0.0175. The standard InChI is InChI=1S/C24H24F2N6/c1-16(29-22-15-27-10-11-28-22)32-19-8-12-31(13-9-19)21-7-6-20(30-23(21)32)17-4-3-5-18(14-17)24(2,25)26/h3-7,10-11,14-15,19H,1,8-9,12-13H2,2H3,(H,28,29). The molecule has 32 heavy (non-hydrogen) atoms. The summed E-state index contributed by atoms with van der Waals surface area (Å²) in [6.45, 7) is 7.05. The molecule has 0 spiro atoms. The van der Waals surface area contributed by atoms with Crippen LogP contribution < -0.4 is 15.1 Å². The molecule has 5 heterocycles. The number of nitrogens with zero attached hydrogens (tertiary/aromatic N) is 5. The first kappa shape index (κ1) is 20.4. The third kappa shape index (κ3) is 3.77. The predicted octanol–water partition coefficient (Wildman–Crippen LogP) is 5.02. The summed E-state index contributed by atoms with van der Waals surface area (Å²) in [6, 6.07) is 10.6. The summed E-state index contributed by atoms with van der Waals surface area (Å²) >= 11 is 0. The molecule has 2 bridgehead atoms. The van der Waals surface area contributed by atoms with Crippen LogP contribution in [0.4, 0.5) is 26.1 Å². The van der Waals surface area contributed by atoms with Crippen molar-refractivity contribution in [3.63, 3.8) is 0 Å². The van der Waals surface area contributed by atoms with Gasteiger partial charge in [-0.1, -0.05) is 24.8 Å². The Morgan fingerprint density at radius 1 is 1.16 bits per heavy atom. The SMILES string of the molecule is C=C(Nc1cnccn1)N1c2nc(-c3cccc(C(C)(F)F)c3)ccc2N2CCC1CC2. The molecule has 1 N–H and O–H groups in total. The van der Waals surface area contributed by atoms with Crippen molar-refractivity contribution in [1.29, 1.82) is 0 Å². The fraction of sp³-hybridized carbons (Fsp3) is 0.292. The van der Waals surface area contributed by atoms with Crippen LogP contribution in [0, 0.1) is 0 Å². The van der Waals surface area contributed by atoms with Gasteiger partial charge in [-0.2, -0.15) is 0 Å². The molecule has 0 unspecified atom stereocenters. The van der Waals surface area contributed by atoms with E-state index in [1.54, 1.807) is 24.7 Å². The van der Waals surface area contributed by atoms with E-state index in [2.05, 4.69) is 31.7 Å². The van der Waals surface area contributed by atoms with Crippen molar-refractivity contribution in [3.8, 4) is 11.3 Å². The summed E-state index contributed by atoms with van der Waals surface area (Å²) in [5.41, 5.74) is 2.30. The van der Waals surface area contributed by atoms with Gasteiger partial charge in [-0.25, -0.2) is 18.7 Å². The lowest BCUT2D eigenvalue weighted by Gasteiger charge is -2.34. The topological polar surface area (TPSA) is 57.2 Å². The second-order valence-corrected chi connectivity index (χ2v) is 8.26. The number of rotatable bonds is 5. The van der Waals surface area contributed by atoms with Gasteiger partial charge in [0.1, 0.15) is 11.6 Å². The van der Waals surface area contributed by atoms with Gasteiger partial charge in [-0.15, -0.1) is 0 Å². The van der Waals surface area contributed by atoms with E-state index in [1.165, 1.54) is 12.1 Å². The number of hydrogen-bond donors (Lipinski definition) is 1. The van der Waals surface area contributed by atoms with Crippen molar-refractivity contribution < 1.29 is 8.78 Å². The molecule has 0 aliphatic carbocycles. The van der Waals surface area contributed by atoms with Crippen molar-refractivity contribution in [1.82, 2.24) is 15.0 Å². The van der Waals surface area contributed by atoms with Crippen LogP contribution in [0.15, 0.2) is 67.4 Å². The molecular weight excluding hydrogens is 410 g/mol. The van der Waals surface area contributed by atoms with E-state index in [4.69, 9.17) is 4.98 Å². The zero-order valence-corrected chi connectivity index (χ0v) is 17.8. The lowest BCUT2D eigenvalue weighted by Crippen LogP contribution is -2.41. The maximum atomic E-state index is 13.9. The zero-order valence-electron chi connectivity index (χ0n) is 17.8. The highest BCUT2D eigenvalue weighted by molar-refractivity contribution is 5.77. The normalized spacial score (nSPS) is 16.0. The molecule has 0 amide bonds. The minimum Gasteiger partial charge on any atom is -0.368 e. The third-order valence-electron chi connectivity index (χ3n) is 6.04. The Hall–Kier alpha value is -3.55. The van der Waals surface area contributed by atoms with Crippen LogP contribution in [-0.2, 0) is 5.92 Å². The van der Waals surface area contributed by atoms with E-state index in [-0.39, 0.29) is 11.6 Å². The maximum Gasteiger partial charge on any atom is 0.270 e. The average molecular weight is 434 g/mol. The van der Waals surface area contributed by atoms with Gasteiger partial charge in [-0.3, -0.25) is 4.98 Å². The second kappa shape index (κ2) is 7.85. The minimum absolute atomic E-state index is 0.0267. The Bertz CT molecular complexity index is 1140. The Kier molecular flexibility index (Phi) is 5.00. The van der Waals surface area contributed by atoms with Gasteiger partial charge in [0.2, 0.25) is 0 Å². The maximum absolute atomic E-state index is 13.9. The van der Waals surface area contributed by atoms with E-state index in [0.29, 0.717) is 22.9 Å². The molecule has 6 nitrogen and oxygen atoms in total. The molecule has 1 fully saturated rings. The van der Waals surface area contributed by atoms with Gasteiger partial charge in [0, 0.05) is 49.6 Å². The number of piperidine rings is 1.